The molecule has 3 aromatic rings. The van der Waals surface area contributed by atoms with Gasteiger partial charge >= 0.3 is 0 Å². The highest BCUT2D eigenvalue weighted by Crippen LogP contribution is 2.14. The van der Waals surface area contributed by atoms with E-state index < -0.39 is 53.2 Å². The lowest BCUT2D eigenvalue weighted by atomic mass is 9.95. The molecule has 18 nitrogen and oxygen atoms in total. The molecule has 0 spiro atoms. The van der Waals surface area contributed by atoms with Crippen molar-refractivity contribution in [1.82, 2.24) is 35.9 Å². The van der Waals surface area contributed by atoms with Crippen molar-refractivity contribution in [1.29, 1.82) is 0 Å². The number of hydrogen-bond donors (Lipinski definition) is 8. The average Bonchev–Trinajstić information content (AvgIpc) is 3.16. The number of nitrogens with one attached hydrogen (secondary N) is 5. The summed E-state index contributed by atoms with van der Waals surface area (Å²) in [5.74, 6) is -3.22. The molecule has 0 radical (unpaired) electrons. The Morgan fingerprint density at radius 2 is 1.59 bits per heavy atom. The molecule has 0 aliphatic carbocycles. The van der Waals surface area contributed by atoms with Crippen LogP contribution < -0.4 is 38.3 Å². The van der Waals surface area contributed by atoms with Crippen LogP contribution in [0.4, 0.5) is 5.69 Å². The molecule has 0 bridgehead atoms. The number of amides is 3. The Morgan fingerprint density at radius 1 is 0.911 bits per heavy atom. The maximum atomic E-state index is 13.3. The summed E-state index contributed by atoms with van der Waals surface area (Å²) in [4.78, 5) is 108. The lowest BCUT2D eigenvalue weighted by molar-refractivity contribution is -0.134. The molecule has 3 rings (SSSR count). The van der Waals surface area contributed by atoms with Gasteiger partial charge < -0.3 is 37.7 Å². The molecule has 0 aliphatic heterocycles. The topological polar surface area (TPSA) is 286 Å². The summed E-state index contributed by atoms with van der Waals surface area (Å²) in [6.45, 7) is 6.47. The Hall–Kier alpha value is -5.72. The van der Waals surface area contributed by atoms with E-state index in [4.69, 9.17) is 11.5 Å². The smallest absolute Gasteiger partial charge is 0.279 e. The molecule has 0 saturated heterocycles. The molecule has 9 N–H and O–H groups in total. The minimum absolute atomic E-state index is 0.120. The van der Waals surface area contributed by atoms with Gasteiger partial charge in [-0.3, -0.25) is 38.6 Å². The number of aromatic nitrogens is 4. The first kappa shape index (κ1) is 44.7. The zero-order valence-electron chi connectivity index (χ0n) is 32.0. The van der Waals surface area contributed by atoms with Gasteiger partial charge in [0.25, 0.3) is 11.5 Å². The standard InChI is InChI=1S/C37H51N11O7S/c1-20(34(53)48-28(7-5-13-40-37(38)39)30(51)16-21(2)33(52)44-22(3)29(50)8-6-14-56)15-27(49)19-43-35(54)24-9-11-25(12-10-24)41-17-26-18-42-32-31(47-26)36(55)46-23(4)45-32/h9-12,18,20-22,28,41,56H,5-8,13-17,19H2,1-4H3,(H,43,54)(H,44,52)(H,48,53)(H4,38,39,40)(H,42,45,46,55)/t20-,21-,22+,28+/m0/s1. The van der Waals surface area contributed by atoms with E-state index >= 15 is 0 Å². The van der Waals surface area contributed by atoms with Crippen LogP contribution in [0.15, 0.2) is 40.2 Å². The molecule has 0 aliphatic rings. The van der Waals surface area contributed by atoms with E-state index in [0.717, 1.165) is 0 Å². The summed E-state index contributed by atoms with van der Waals surface area (Å²) in [7, 11) is 0. The van der Waals surface area contributed by atoms with Gasteiger partial charge in [0.1, 0.15) is 5.82 Å². The molecular formula is C37H51N11O7S. The van der Waals surface area contributed by atoms with Crippen LogP contribution in [0.25, 0.3) is 11.2 Å². The highest BCUT2D eigenvalue weighted by Gasteiger charge is 2.28. The van der Waals surface area contributed by atoms with Crippen molar-refractivity contribution in [2.45, 2.75) is 84.8 Å². The van der Waals surface area contributed by atoms with E-state index in [0.29, 0.717) is 41.4 Å². The van der Waals surface area contributed by atoms with E-state index in [1.54, 1.807) is 45.0 Å². The predicted molar refractivity (Wildman–Crippen MR) is 214 cm³/mol. The fourth-order valence-electron chi connectivity index (χ4n) is 5.44. The van der Waals surface area contributed by atoms with Gasteiger partial charge in [-0.25, -0.2) is 15.0 Å². The first-order chi connectivity index (χ1) is 26.6. The Bertz CT molecular complexity index is 1970. The van der Waals surface area contributed by atoms with Gasteiger partial charge in [-0.2, -0.15) is 12.6 Å². The molecule has 302 valence electrons. The lowest BCUT2D eigenvalue weighted by Gasteiger charge is -2.22. The highest BCUT2D eigenvalue weighted by molar-refractivity contribution is 7.80. The number of rotatable bonds is 23. The van der Waals surface area contributed by atoms with Crippen molar-refractivity contribution in [3.05, 3.63) is 57.9 Å². The number of thiol groups is 1. The van der Waals surface area contributed by atoms with Crippen LogP contribution in [-0.2, 0) is 30.5 Å². The van der Waals surface area contributed by atoms with Crippen LogP contribution in [0.3, 0.4) is 0 Å². The van der Waals surface area contributed by atoms with Gasteiger partial charge in [0, 0.05) is 48.9 Å². The first-order valence-electron chi connectivity index (χ1n) is 18.3. The van der Waals surface area contributed by atoms with Crippen molar-refractivity contribution in [2.24, 2.45) is 28.3 Å². The van der Waals surface area contributed by atoms with E-state index in [2.05, 4.69) is 58.8 Å². The van der Waals surface area contributed by atoms with Crippen molar-refractivity contribution >= 4 is 70.5 Å². The summed E-state index contributed by atoms with van der Waals surface area (Å²) in [6.07, 6.45) is 2.49. The number of H-pyrrole nitrogens is 1. The molecular weight excluding hydrogens is 743 g/mol. The van der Waals surface area contributed by atoms with Crippen LogP contribution in [0, 0.1) is 18.8 Å². The monoisotopic (exact) mass is 793 g/mol. The minimum atomic E-state index is -0.984. The van der Waals surface area contributed by atoms with Crippen LogP contribution >= 0.6 is 12.6 Å². The number of nitrogens with two attached hydrogens (primary N) is 2. The van der Waals surface area contributed by atoms with Crippen molar-refractivity contribution < 1.29 is 28.8 Å². The summed E-state index contributed by atoms with van der Waals surface area (Å²) in [5.41, 5.74) is 12.3. The van der Waals surface area contributed by atoms with E-state index in [1.165, 1.54) is 13.1 Å². The fourth-order valence-corrected chi connectivity index (χ4v) is 5.60. The second-order valence-electron chi connectivity index (χ2n) is 13.5. The van der Waals surface area contributed by atoms with Gasteiger partial charge in [0.05, 0.1) is 37.1 Å². The second kappa shape index (κ2) is 22.0. The maximum absolute atomic E-state index is 13.3. The van der Waals surface area contributed by atoms with Crippen LogP contribution in [0.5, 0.6) is 0 Å². The third-order valence-electron chi connectivity index (χ3n) is 8.66. The van der Waals surface area contributed by atoms with Crippen LogP contribution in [0.1, 0.15) is 81.2 Å². The molecule has 2 aromatic heterocycles. The van der Waals surface area contributed by atoms with Gasteiger partial charge in [-0.1, -0.05) is 13.8 Å². The number of Topliss-reactive ketones (excluding diaryl/α,β-unsaturated/α-hetero) is 3. The van der Waals surface area contributed by atoms with Crippen molar-refractivity contribution in [3.8, 4) is 0 Å². The summed E-state index contributed by atoms with van der Waals surface area (Å²) >= 11 is 4.10. The molecule has 4 atom stereocenters. The Kier molecular flexibility index (Phi) is 17.5. The number of benzene rings is 1. The molecule has 3 amide bonds. The van der Waals surface area contributed by atoms with Gasteiger partial charge in [-0.05, 0) is 63.1 Å². The van der Waals surface area contributed by atoms with Gasteiger partial charge in [-0.15, -0.1) is 0 Å². The number of hydrogen-bond acceptors (Lipinski definition) is 13. The van der Waals surface area contributed by atoms with E-state index in [9.17, 15) is 33.6 Å². The molecule has 19 heteroatoms. The molecule has 56 heavy (non-hydrogen) atoms. The minimum Gasteiger partial charge on any atom is -0.379 e. The number of ketones is 3. The maximum Gasteiger partial charge on any atom is 0.279 e. The number of carbonyl (C=O) groups is 6. The number of nitrogens with zero attached hydrogens (tertiary/aromatic N) is 4. The van der Waals surface area contributed by atoms with E-state index in [-0.39, 0.29) is 73.8 Å². The largest absolute Gasteiger partial charge is 0.379 e. The highest BCUT2D eigenvalue weighted by atomic mass is 32.1. The zero-order chi connectivity index (χ0) is 41.4. The normalized spacial score (nSPS) is 13.1. The van der Waals surface area contributed by atoms with Crippen molar-refractivity contribution in [3.63, 3.8) is 0 Å². The number of fused-ring (bicyclic) bond motifs is 1. The molecule has 0 unspecified atom stereocenters. The average molecular weight is 794 g/mol. The predicted octanol–water partition coefficient (Wildman–Crippen LogP) is 0.876. The summed E-state index contributed by atoms with van der Waals surface area (Å²) < 4.78 is 0. The number of aryl methyl sites for hydroxylation is 1. The Labute approximate surface area is 329 Å². The number of aliphatic imine (C=N–C) groups is 1. The molecule has 2 heterocycles. The Balaban J connectivity index is 1.50. The summed E-state index contributed by atoms with van der Waals surface area (Å²) in [5, 5.41) is 11.1. The molecule has 0 saturated carbocycles. The lowest BCUT2D eigenvalue weighted by Crippen LogP contribution is -2.46. The van der Waals surface area contributed by atoms with Crippen LogP contribution in [0.2, 0.25) is 0 Å². The van der Waals surface area contributed by atoms with Gasteiger partial charge in [0.15, 0.2) is 34.5 Å². The number of guanidine groups is 1. The quantitative estimate of drug-likeness (QED) is 0.0287. The SMILES string of the molecule is Cc1nc2ncc(CNc3ccc(C(=O)NCC(=O)C[C@H](C)C(=O)N[C@H](CCCN=C(N)N)C(=O)C[C@H](C)C(=O)N[C@H](C)C(=O)CCCS)cc3)nc2c(=O)[nH]1. The number of aromatic amines is 1. The summed E-state index contributed by atoms with van der Waals surface area (Å²) in [6, 6.07) is 4.78. The number of anilines is 1. The van der Waals surface area contributed by atoms with E-state index in [1.807, 2.05) is 0 Å². The third kappa shape index (κ3) is 14.5. The number of carbonyl (C=O) groups excluding carboxylic acids is 6. The third-order valence-corrected chi connectivity index (χ3v) is 8.98. The fraction of sp³-hybridized carbons (Fsp3) is 0.486. The molecule has 0 fully saturated rings. The first-order valence-corrected chi connectivity index (χ1v) is 18.9. The zero-order valence-corrected chi connectivity index (χ0v) is 32.9. The van der Waals surface area contributed by atoms with Crippen LogP contribution in [-0.4, -0.2) is 91.9 Å². The van der Waals surface area contributed by atoms with Gasteiger partial charge in [0.2, 0.25) is 11.8 Å². The second-order valence-corrected chi connectivity index (χ2v) is 14.0. The molecule has 1 aromatic carbocycles. The van der Waals surface area contributed by atoms with Crippen molar-refractivity contribution in [2.75, 3.05) is 24.2 Å². The Morgan fingerprint density at radius 3 is 2.27 bits per heavy atom.